The highest BCUT2D eigenvalue weighted by atomic mass is 35.5. The maximum atomic E-state index is 8.91. The molecule has 0 aliphatic carbocycles. The van der Waals surface area contributed by atoms with Crippen LogP contribution in [0.4, 0.5) is 0 Å². The van der Waals surface area contributed by atoms with Gasteiger partial charge in [0.25, 0.3) is 0 Å². The molecule has 0 aliphatic rings. The Morgan fingerprint density at radius 3 is 3.00 bits per heavy atom. The van der Waals surface area contributed by atoms with Crippen molar-refractivity contribution in [1.82, 2.24) is 10.3 Å². The van der Waals surface area contributed by atoms with E-state index in [9.17, 15) is 0 Å². The molecule has 78 valence electrons. The molecule has 1 aromatic heterocycles. The Balaban J connectivity index is 2.75. The van der Waals surface area contributed by atoms with Crippen molar-refractivity contribution in [2.24, 2.45) is 0 Å². The number of aliphatic hydroxyl groups excluding tert-OH is 1. The summed E-state index contributed by atoms with van der Waals surface area (Å²) < 4.78 is 0. The van der Waals surface area contributed by atoms with Crippen LogP contribution in [0.25, 0.3) is 0 Å². The summed E-state index contributed by atoms with van der Waals surface area (Å²) in [6.45, 7) is 3.06. The van der Waals surface area contributed by atoms with E-state index in [1.54, 1.807) is 6.20 Å². The lowest BCUT2D eigenvalue weighted by molar-refractivity contribution is 0.266. The van der Waals surface area contributed by atoms with Crippen molar-refractivity contribution in [2.45, 2.75) is 19.4 Å². The van der Waals surface area contributed by atoms with Gasteiger partial charge in [-0.3, -0.25) is 0 Å². The molecule has 0 fully saturated rings. The van der Waals surface area contributed by atoms with Crippen LogP contribution in [-0.2, 0) is 0 Å². The highest BCUT2D eigenvalue weighted by Crippen LogP contribution is 2.18. The van der Waals surface area contributed by atoms with Crippen molar-refractivity contribution in [3.63, 3.8) is 0 Å². The van der Waals surface area contributed by atoms with E-state index in [1.807, 2.05) is 19.1 Å². The normalized spacial score (nSPS) is 12.8. The van der Waals surface area contributed by atoms with Gasteiger partial charge in [0.1, 0.15) is 5.15 Å². The third-order valence-corrected chi connectivity index (χ3v) is 2.23. The molecule has 0 bridgehead atoms. The van der Waals surface area contributed by atoms with Crippen LogP contribution in [0.1, 0.15) is 24.9 Å². The monoisotopic (exact) mass is 214 g/mol. The molecular formula is C10H15ClN2O. The zero-order valence-corrected chi connectivity index (χ0v) is 8.96. The molecule has 2 N–H and O–H groups in total. The van der Waals surface area contributed by atoms with Crippen LogP contribution in [0, 0.1) is 0 Å². The van der Waals surface area contributed by atoms with E-state index in [2.05, 4.69) is 10.3 Å². The standard InChI is InChI=1S/C10H15ClN2O/c1-2-12-9(4-6-14)8-3-5-13-10(11)7-8/h3,5,7,9,12,14H,2,4,6H2,1H3. The van der Waals surface area contributed by atoms with Crippen LogP contribution < -0.4 is 5.32 Å². The molecule has 3 nitrogen and oxygen atoms in total. The number of pyridine rings is 1. The highest BCUT2D eigenvalue weighted by Gasteiger charge is 2.09. The van der Waals surface area contributed by atoms with E-state index in [4.69, 9.17) is 16.7 Å². The molecule has 0 saturated heterocycles. The predicted octanol–water partition coefficient (Wildman–Crippen LogP) is 1.77. The van der Waals surface area contributed by atoms with Crippen molar-refractivity contribution in [3.05, 3.63) is 29.0 Å². The second kappa shape index (κ2) is 5.96. The van der Waals surface area contributed by atoms with Crippen molar-refractivity contribution in [1.29, 1.82) is 0 Å². The Hall–Kier alpha value is -0.640. The smallest absolute Gasteiger partial charge is 0.129 e. The summed E-state index contributed by atoms with van der Waals surface area (Å²) in [6, 6.07) is 3.89. The third-order valence-electron chi connectivity index (χ3n) is 2.02. The van der Waals surface area contributed by atoms with Gasteiger partial charge in [-0.05, 0) is 30.7 Å². The summed E-state index contributed by atoms with van der Waals surface area (Å²) in [4.78, 5) is 3.92. The van der Waals surface area contributed by atoms with Gasteiger partial charge in [0.15, 0.2) is 0 Å². The van der Waals surface area contributed by atoms with E-state index >= 15 is 0 Å². The SMILES string of the molecule is CCNC(CCO)c1ccnc(Cl)c1. The molecule has 0 spiro atoms. The first-order valence-electron chi connectivity index (χ1n) is 4.73. The first-order valence-corrected chi connectivity index (χ1v) is 5.11. The number of hydrogen-bond acceptors (Lipinski definition) is 3. The largest absolute Gasteiger partial charge is 0.396 e. The number of halogens is 1. The Morgan fingerprint density at radius 1 is 1.64 bits per heavy atom. The van der Waals surface area contributed by atoms with Gasteiger partial charge in [0.2, 0.25) is 0 Å². The fraction of sp³-hybridized carbons (Fsp3) is 0.500. The first-order chi connectivity index (χ1) is 6.77. The van der Waals surface area contributed by atoms with E-state index < -0.39 is 0 Å². The molecule has 4 heteroatoms. The Morgan fingerprint density at radius 2 is 2.43 bits per heavy atom. The summed E-state index contributed by atoms with van der Waals surface area (Å²) in [7, 11) is 0. The first kappa shape index (κ1) is 11.4. The van der Waals surface area contributed by atoms with Crippen molar-refractivity contribution in [2.75, 3.05) is 13.2 Å². The zero-order valence-electron chi connectivity index (χ0n) is 8.20. The predicted molar refractivity (Wildman–Crippen MR) is 57.4 cm³/mol. The summed E-state index contributed by atoms with van der Waals surface area (Å²) >= 11 is 5.79. The molecule has 1 rings (SSSR count). The minimum atomic E-state index is 0.158. The molecule has 1 atom stereocenters. The van der Waals surface area contributed by atoms with Gasteiger partial charge < -0.3 is 10.4 Å². The second-order valence-electron chi connectivity index (χ2n) is 3.03. The molecule has 0 aromatic carbocycles. The number of rotatable bonds is 5. The van der Waals surface area contributed by atoms with Gasteiger partial charge in [-0.25, -0.2) is 4.98 Å². The van der Waals surface area contributed by atoms with E-state index in [1.165, 1.54) is 0 Å². The fourth-order valence-electron chi connectivity index (χ4n) is 1.40. The lowest BCUT2D eigenvalue weighted by Gasteiger charge is -2.16. The van der Waals surface area contributed by atoms with Gasteiger partial charge in [-0.15, -0.1) is 0 Å². The Labute approximate surface area is 89.1 Å². The Bertz CT molecular complexity index is 275. The second-order valence-corrected chi connectivity index (χ2v) is 3.42. The van der Waals surface area contributed by atoms with Gasteiger partial charge in [0.05, 0.1) is 0 Å². The van der Waals surface area contributed by atoms with Crippen LogP contribution in [0.5, 0.6) is 0 Å². The fourth-order valence-corrected chi connectivity index (χ4v) is 1.58. The molecule has 14 heavy (non-hydrogen) atoms. The van der Waals surface area contributed by atoms with Crippen molar-refractivity contribution < 1.29 is 5.11 Å². The van der Waals surface area contributed by atoms with Crippen LogP contribution in [0.2, 0.25) is 5.15 Å². The van der Waals surface area contributed by atoms with Crippen LogP contribution in [-0.4, -0.2) is 23.2 Å². The quantitative estimate of drug-likeness (QED) is 0.735. The number of nitrogens with one attached hydrogen (secondary N) is 1. The van der Waals surface area contributed by atoms with Crippen molar-refractivity contribution >= 4 is 11.6 Å². The summed E-state index contributed by atoms with van der Waals surface area (Å²) in [6.07, 6.45) is 2.37. The van der Waals surface area contributed by atoms with E-state index in [0.717, 1.165) is 12.1 Å². The van der Waals surface area contributed by atoms with Crippen LogP contribution >= 0.6 is 11.6 Å². The number of aromatic nitrogens is 1. The maximum Gasteiger partial charge on any atom is 0.129 e. The minimum absolute atomic E-state index is 0.158. The zero-order chi connectivity index (χ0) is 10.4. The molecular weight excluding hydrogens is 200 g/mol. The van der Waals surface area contributed by atoms with Gasteiger partial charge in [0, 0.05) is 18.8 Å². The number of nitrogens with zero attached hydrogens (tertiary/aromatic N) is 1. The van der Waals surface area contributed by atoms with E-state index in [-0.39, 0.29) is 12.6 Å². The average Bonchev–Trinajstić information content (AvgIpc) is 2.17. The van der Waals surface area contributed by atoms with Crippen molar-refractivity contribution in [3.8, 4) is 0 Å². The Kier molecular flexibility index (Phi) is 4.87. The molecule has 0 radical (unpaired) electrons. The van der Waals surface area contributed by atoms with Gasteiger partial charge >= 0.3 is 0 Å². The van der Waals surface area contributed by atoms with Gasteiger partial charge in [-0.2, -0.15) is 0 Å². The van der Waals surface area contributed by atoms with Gasteiger partial charge in [-0.1, -0.05) is 18.5 Å². The summed E-state index contributed by atoms with van der Waals surface area (Å²) in [5, 5.41) is 12.7. The average molecular weight is 215 g/mol. The maximum absolute atomic E-state index is 8.91. The van der Waals surface area contributed by atoms with E-state index in [0.29, 0.717) is 11.6 Å². The molecule has 0 amide bonds. The number of aliphatic hydroxyl groups is 1. The topological polar surface area (TPSA) is 45.1 Å². The molecule has 1 heterocycles. The minimum Gasteiger partial charge on any atom is -0.396 e. The molecule has 0 saturated carbocycles. The highest BCUT2D eigenvalue weighted by molar-refractivity contribution is 6.29. The van der Waals surface area contributed by atoms with Crippen LogP contribution in [0.3, 0.4) is 0 Å². The number of hydrogen-bond donors (Lipinski definition) is 2. The van der Waals surface area contributed by atoms with Crippen LogP contribution in [0.15, 0.2) is 18.3 Å². The lowest BCUT2D eigenvalue weighted by Crippen LogP contribution is -2.21. The third kappa shape index (κ3) is 3.25. The molecule has 1 aromatic rings. The molecule has 0 aliphatic heterocycles. The molecule has 1 unspecified atom stereocenters. The summed E-state index contributed by atoms with van der Waals surface area (Å²) in [5.74, 6) is 0. The summed E-state index contributed by atoms with van der Waals surface area (Å²) in [5.41, 5.74) is 1.07. The lowest BCUT2D eigenvalue weighted by atomic mass is 10.1.